The van der Waals surface area contributed by atoms with Gasteiger partial charge in [-0.05, 0) is 18.9 Å². The Hall–Kier alpha value is -1.95. The molecule has 1 fully saturated rings. The number of nitrogens with one attached hydrogen (secondary N) is 2. The molecule has 0 bridgehead atoms. The molecule has 0 radical (unpaired) electrons. The zero-order valence-corrected chi connectivity index (χ0v) is 11.2. The summed E-state index contributed by atoms with van der Waals surface area (Å²) < 4.78 is 5.31. The van der Waals surface area contributed by atoms with Gasteiger partial charge in [0.05, 0.1) is 23.2 Å². The molecule has 2 aliphatic rings. The maximum absolute atomic E-state index is 11.3. The zero-order valence-electron chi connectivity index (χ0n) is 11.2. The largest absolute Gasteiger partial charge is 0.482 e. The molecule has 20 heavy (non-hydrogen) atoms. The predicted molar refractivity (Wildman–Crippen MR) is 76.8 cm³/mol. The molecule has 1 aliphatic carbocycles. The molecule has 1 aromatic rings. The highest BCUT2D eigenvalue weighted by molar-refractivity contribution is 5.97. The van der Waals surface area contributed by atoms with E-state index in [1.807, 2.05) is 0 Å². The minimum absolute atomic E-state index is 0.0213. The number of ether oxygens (including phenoxy) is 1. The molecular formula is C14H19N3O3. The van der Waals surface area contributed by atoms with Crippen LogP contribution >= 0.6 is 0 Å². The van der Waals surface area contributed by atoms with Crippen molar-refractivity contribution >= 4 is 23.0 Å². The van der Waals surface area contributed by atoms with Crippen LogP contribution in [-0.4, -0.2) is 30.3 Å². The lowest BCUT2D eigenvalue weighted by molar-refractivity contribution is -0.118. The number of aliphatic hydroxyl groups excluding tert-OH is 1. The number of nitrogens with two attached hydrogens (primary N) is 1. The maximum atomic E-state index is 11.3. The molecule has 2 atom stereocenters. The third-order valence-corrected chi connectivity index (χ3v) is 3.96. The fourth-order valence-corrected chi connectivity index (χ4v) is 2.79. The number of nitrogen functional groups attached to an aromatic ring is 1. The first-order valence-electron chi connectivity index (χ1n) is 6.91. The van der Waals surface area contributed by atoms with Gasteiger partial charge in [0.2, 0.25) is 0 Å². The zero-order chi connectivity index (χ0) is 14.1. The number of carbonyl (C=O) groups excluding carboxylic acids is 1. The average molecular weight is 277 g/mol. The van der Waals surface area contributed by atoms with Gasteiger partial charge in [0.15, 0.2) is 6.61 Å². The topological polar surface area (TPSA) is 96.6 Å². The highest BCUT2D eigenvalue weighted by atomic mass is 16.5. The van der Waals surface area contributed by atoms with Gasteiger partial charge in [-0.15, -0.1) is 0 Å². The molecule has 1 aromatic carbocycles. The first kappa shape index (κ1) is 13.1. The summed E-state index contributed by atoms with van der Waals surface area (Å²) in [6.07, 6.45) is 2.73. The van der Waals surface area contributed by atoms with Crippen LogP contribution in [-0.2, 0) is 4.79 Å². The first-order valence-corrected chi connectivity index (χ1v) is 6.91. The number of anilines is 3. The van der Waals surface area contributed by atoms with Crippen molar-refractivity contribution in [3.8, 4) is 5.75 Å². The van der Waals surface area contributed by atoms with Crippen molar-refractivity contribution in [2.45, 2.75) is 25.4 Å². The van der Waals surface area contributed by atoms with E-state index in [0.29, 0.717) is 23.7 Å². The van der Waals surface area contributed by atoms with E-state index in [1.54, 1.807) is 12.1 Å². The van der Waals surface area contributed by atoms with Crippen molar-refractivity contribution in [2.24, 2.45) is 5.92 Å². The highest BCUT2D eigenvalue weighted by Gasteiger charge is 2.25. The van der Waals surface area contributed by atoms with Gasteiger partial charge in [0.25, 0.3) is 5.91 Å². The Morgan fingerprint density at radius 3 is 3.05 bits per heavy atom. The fraction of sp³-hybridized carbons (Fsp3) is 0.500. The molecule has 1 aliphatic heterocycles. The number of fused-ring (bicyclic) bond motifs is 1. The molecule has 3 rings (SSSR count). The van der Waals surface area contributed by atoms with Crippen molar-refractivity contribution in [3.63, 3.8) is 0 Å². The van der Waals surface area contributed by atoms with E-state index in [-0.39, 0.29) is 24.5 Å². The van der Waals surface area contributed by atoms with Gasteiger partial charge in [-0.1, -0.05) is 6.42 Å². The minimum atomic E-state index is -0.232. The van der Waals surface area contributed by atoms with Crippen molar-refractivity contribution < 1.29 is 14.6 Å². The number of hydrogen-bond acceptors (Lipinski definition) is 5. The third-order valence-electron chi connectivity index (χ3n) is 3.96. The number of carbonyl (C=O) groups is 1. The average Bonchev–Trinajstić information content (AvgIpc) is 2.82. The second kappa shape index (κ2) is 5.20. The van der Waals surface area contributed by atoms with Crippen LogP contribution in [0, 0.1) is 5.92 Å². The molecule has 6 heteroatoms. The Balaban J connectivity index is 1.73. The van der Waals surface area contributed by atoms with Gasteiger partial charge in [-0.2, -0.15) is 0 Å². The molecule has 5 N–H and O–H groups in total. The van der Waals surface area contributed by atoms with Crippen LogP contribution in [0.5, 0.6) is 5.75 Å². The Morgan fingerprint density at radius 2 is 2.30 bits per heavy atom. The molecule has 1 amide bonds. The van der Waals surface area contributed by atoms with Crippen molar-refractivity contribution in [3.05, 3.63) is 12.1 Å². The number of benzene rings is 1. The van der Waals surface area contributed by atoms with Gasteiger partial charge in [0.1, 0.15) is 5.75 Å². The van der Waals surface area contributed by atoms with Crippen LogP contribution < -0.4 is 21.1 Å². The number of aliphatic hydroxyl groups is 1. The van der Waals surface area contributed by atoms with Crippen molar-refractivity contribution in [1.82, 2.24) is 0 Å². The summed E-state index contributed by atoms with van der Waals surface area (Å²) in [4.78, 5) is 11.3. The standard InChI is InChI=1S/C14H19N3O3/c15-9-4-13-11(17-14(19)7-20-13)5-10(9)16-6-8-2-1-3-12(8)18/h4-5,8,12,16,18H,1-3,6-7,15H2,(H,17,19). The van der Waals surface area contributed by atoms with Crippen LogP contribution in [0.4, 0.5) is 17.1 Å². The van der Waals surface area contributed by atoms with E-state index in [1.165, 1.54) is 0 Å². The molecule has 0 spiro atoms. The van der Waals surface area contributed by atoms with Gasteiger partial charge >= 0.3 is 0 Å². The predicted octanol–water partition coefficient (Wildman–Crippen LogP) is 1.17. The third kappa shape index (κ3) is 2.51. The molecule has 0 saturated heterocycles. The van der Waals surface area contributed by atoms with Gasteiger partial charge in [0, 0.05) is 18.5 Å². The Kier molecular flexibility index (Phi) is 3.40. The monoisotopic (exact) mass is 277 g/mol. The van der Waals surface area contributed by atoms with E-state index in [2.05, 4.69) is 10.6 Å². The van der Waals surface area contributed by atoms with Gasteiger partial charge in [-0.3, -0.25) is 4.79 Å². The van der Waals surface area contributed by atoms with E-state index < -0.39 is 0 Å². The minimum Gasteiger partial charge on any atom is -0.482 e. The first-order chi connectivity index (χ1) is 9.63. The number of hydrogen-bond donors (Lipinski definition) is 4. The summed E-state index contributed by atoms with van der Waals surface area (Å²) >= 11 is 0. The molecule has 2 unspecified atom stereocenters. The molecule has 6 nitrogen and oxygen atoms in total. The summed E-state index contributed by atoms with van der Waals surface area (Å²) in [5.74, 6) is 0.685. The molecule has 1 saturated carbocycles. The SMILES string of the molecule is Nc1cc2c(cc1NCC1CCCC1O)NC(=O)CO2. The lowest BCUT2D eigenvalue weighted by Gasteiger charge is -2.21. The highest BCUT2D eigenvalue weighted by Crippen LogP contribution is 2.35. The number of rotatable bonds is 3. The molecule has 0 aromatic heterocycles. The van der Waals surface area contributed by atoms with Gasteiger partial charge in [-0.25, -0.2) is 0 Å². The van der Waals surface area contributed by atoms with Crippen LogP contribution in [0.3, 0.4) is 0 Å². The van der Waals surface area contributed by atoms with Crippen LogP contribution in [0.1, 0.15) is 19.3 Å². The van der Waals surface area contributed by atoms with Crippen LogP contribution in [0.15, 0.2) is 12.1 Å². The Bertz CT molecular complexity index is 533. The summed E-state index contributed by atoms with van der Waals surface area (Å²) in [6, 6.07) is 3.49. The lowest BCUT2D eigenvalue weighted by Crippen LogP contribution is -2.26. The molecule has 108 valence electrons. The fourth-order valence-electron chi connectivity index (χ4n) is 2.79. The Morgan fingerprint density at radius 1 is 1.45 bits per heavy atom. The summed E-state index contributed by atoms with van der Waals surface area (Å²) in [5, 5.41) is 15.8. The normalized spacial score (nSPS) is 24.8. The molecular weight excluding hydrogens is 258 g/mol. The summed E-state index contributed by atoms with van der Waals surface area (Å²) in [7, 11) is 0. The maximum Gasteiger partial charge on any atom is 0.262 e. The lowest BCUT2D eigenvalue weighted by atomic mass is 10.1. The van der Waals surface area contributed by atoms with E-state index in [4.69, 9.17) is 10.5 Å². The second-order valence-electron chi connectivity index (χ2n) is 5.41. The number of amides is 1. The van der Waals surface area contributed by atoms with Crippen molar-refractivity contribution in [1.29, 1.82) is 0 Å². The smallest absolute Gasteiger partial charge is 0.262 e. The summed E-state index contributed by atoms with van der Waals surface area (Å²) in [5.41, 5.74) is 7.94. The Labute approximate surface area is 117 Å². The van der Waals surface area contributed by atoms with E-state index in [0.717, 1.165) is 24.9 Å². The summed E-state index contributed by atoms with van der Waals surface area (Å²) in [6.45, 7) is 0.701. The van der Waals surface area contributed by atoms with Crippen LogP contribution in [0.25, 0.3) is 0 Å². The van der Waals surface area contributed by atoms with E-state index in [9.17, 15) is 9.90 Å². The van der Waals surface area contributed by atoms with Crippen molar-refractivity contribution in [2.75, 3.05) is 29.5 Å². The second-order valence-corrected chi connectivity index (χ2v) is 5.41. The quantitative estimate of drug-likeness (QED) is 0.622. The molecule has 1 heterocycles. The van der Waals surface area contributed by atoms with Gasteiger partial charge < -0.3 is 26.2 Å². The van der Waals surface area contributed by atoms with Crippen LogP contribution in [0.2, 0.25) is 0 Å². The van der Waals surface area contributed by atoms with E-state index >= 15 is 0 Å².